The molecule has 3 aromatic rings. The zero-order valence-corrected chi connectivity index (χ0v) is 14.8. The highest BCUT2D eigenvalue weighted by Crippen LogP contribution is 2.25. The number of rotatable bonds is 0. The number of hydrogen-bond acceptors (Lipinski definition) is 3. The summed E-state index contributed by atoms with van der Waals surface area (Å²) in [4.78, 5) is 13.6. The molecule has 0 amide bonds. The van der Waals surface area contributed by atoms with Crippen LogP contribution in [0.5, 0.6) is 0 Å². The summed E-state index contributed by atoms with van der Waals surface area (Å²) in [5.41, 5.74) is 0.532. The molecule has 3 rings (SSSR count). The van der Waals surface area contributed by atoms with Crippen LogP contribution in [0.2, 0.25) is 0 Å². The minimum absolute atomic E-state index is 0.279. The van der Waals surface area contributed by atoms with Crippen molar-refractivity contribution in [2.45, 2.75) is 0 Å². The van der Waals surface area contributed by atoms with Crippen LogP contribution in [-0.4, -0.2) is 0 Å². The molecule has 0 saturated carbocycles. The molecule has 23 heavy (non-hydrogen) atoms. The molecule has 2 aromatic carbocycles. The predicted octanol–water partition coefficient (Wildman–Crippen LogP) is 5.43. The van der Waals surface area contributed by atoms with Gasteiger partial charge in [0.1, 0.15) is 6.26 Å². The van der Waals surface area contributed by atoms with Crippen LogP contribution in [0.4, 0.5) is 5.69 Å². The SMILES string of the molecule is N#Cc1cc(Br)c2ccccc2c1.[C-]#[N+]c1coc(=O)c(Br)c1. The average molecular weight is 432 g/mol. The Morgan fingerprint density at radius 2 is 1.87 bits per heavy atom. The van der Waals surface area contributed by atoms with Crippen LogP contribution >= 0.6 is 31.9 Å². The first kappa shape index (κ1) is 17.0. The smallest absolute Gasteiger partial charge is 0.347 e. The molecule has 1 heterocycles. The molecule has 6 heteroatoms. The highest BCUT2D eigenvalue weighted by atomic mass is 79.9. The lowest BCUT2D eigenvalue weighted by molar-refractivity contribution is 0.509. The standard InChI is InChI=1S/C11H6BrN.C6H2BrNO2/c12-11-6-8(7-13)5-9-3-1-2-4-10(9)11;1-8-4-2-5(7)6(9)10-3-4/h1-6H;2-3H. The van der Waals surface area contributed by atoms with Crippen molar-refractivity contribution in [1.29, 1.82) is 5.26 Å². The van der Waals surface area contributed by atoms with Crippen molar-refractivity contribution < 1.29 is 4.42 Å². The third-order valence-corrected chi connectivity index (χ3v) is 4.03. The van der Waals surface area contributed by atoms with Crippen LogP contribution < -0.4 is 5.63 Å². The molecule has 1 aromatic heterocycles. The zero-order valence-electron chi connectivity index (χ0n) is 11.6. The predicted molar refractivity (Wildman–Crippen MR) is 95.3 cm³/mol. The van der Waals surface area contributed by atoms with Crippen molar-refractivity contribution in [3.05, 3.63) is 85.1 Å². The zero-order chi connectivity index (χ0) is 16.8. The molecule has 112 valence electrons. The summed E-state index contributed by atoms with van der Waals surface area (Å²) in [5, 5.41) is 11.0. The number of hydrogen-bond donors (Lipinski definition) is 0. The maximum Gasteiger partial charge on any atom is 0.347 e. The van der Waals surface area contributed by atoms with E-state index in [0.717, 1.165) is 21.5 Å². The van der Waals surface area contributed by atoms with Crippen molar-refractivity contribution in [1.82, 2.24) is 0 Å². The Kier molecular flexibility index (Phi) is 5.70. The minimum Gasteiger partial charge on any atom is -0.442 e. The monoisotopic (exact) mass is 430 g/mol. The third kappa shape index (κ3) is 4.29. The Hall–Kier alpha value is -2.41. The van der Waals surface area contributed by atoms with Crippen LogP contribution in [0.15, 0.2) is 66.9 Å². The van der Waals surface area contributed by atoms with Gasteiger partial charge in [0.2, 0.25) is 5.69 Å². The summed E-state index contributed by atoms with van der Waals surface area (Å²) in [6.45, 7) is 6.55. The second-order valence-corrected chi connectivity index (χ2v) is 6.05. The first-order valence-electron chi connectivity index (χ1n) is 6.29. The van der Waals surface area contributed by atoms with Gasteiger partial charge in [-0.3, -0.25) is 0 Å². The maximum absolute atomic E-state index is 10.6. The lowest BCUT2D eigenvalue weighted by Gasteiger charge is -2.00. The largest absolute Gasteiger partial charge is 0.442 e. The quantitative estimate of drug-likeness (QED) is 0.446. The summed E-state index contributed by atoms with van der Waals surface area (Å²) in [6.07, 6.45) is 1.13. The van der Waals surface area contributed by atoms with E-state index in [4.69, 9.17) is 11.8 Å². The molecule has 0 saturated heterocycles. The van der Waals surface area contributed by atoms with Crippen LogP contribution in [0.3, 0.4) is 0 Å². The Bertz CT molecular complexity index is 998. The highest BCUT2D eigenvalue weighted by Gasteiger charge is 2.00. The van der Waals surface area contributed by atoms with Crippen molar-refractivity contribution >= 4 is 48.3 Å². The van der Waals surface area contributed by atoms with E-state index in [9.17, 15) is 4.79 Å². The molecule has 0 bridgehead atoms. The average Bonchev–Trinajstić information content (AvgIpc) is 2.58. The van der Waals surface area contributed by atoms with Gasteiger partial charge in [0.05, 0.1) is 22.7 Å². The molecule has 0 spiro atoms. The Balaban J connectivity index is 0.000000174. The molecule has 0 fully saturated rings. The Morgan fingerprint density at radius 3 is 2.52 bits per heavy atom. The summed E-state index contributed by atoms with van der Waals surface area (Å²) in [5.74, 6) is 0. The fourth-order valence-electron chi connectivity index (χ4n) is 1.78. The molecular formula is C17H8Br2N2O2. The highest BCUT2D eigenvalue weighted by molar-refractivity contribution is 9.11. The van der Waals surface area contributed by atoms with Crippen LogP contribution in [-0.2, 0) is 0 Å². The lowest BCUT2D eigenvalue weighted by Crippen LogP contribution is -1.96. The van der Waals surface area contributed by atoms with Crippen molar-refractivity contribution in [3.8, 4) is 6.07 Å². The molecule has 0 unspecified atom stereocenters. The summed E-state index contributed by atoms with van der Waals surface area (Å²) < 4.78 is 5.72. The maximum atomic E-state index is 10.6. The van der Waals surface area contributed by atoms with E-state index >= 15 is 0 Å². The van der Waals surface area contributed by atoms with Gasteiger partial charge >= 0.3 is 5.63 Å². The molecule has 4 nitrogen and oxygen atoms in total. The van der Waals surface area contributed by atoms with E-state index in [1.807, 2.05) is 36.4 Å². The second-order valence-electron chi connectivity index (χ2n) is 4.34. The number of fused-ring (bicyclic) bond motifs is 1. The van der Waals surface area contributed by atoms with Crippen LogP contribution in [0.25, 0.3) is 15.6 Å². The van der Waals surface area contributed by atoms with Gasteiger partial charge < -0.3 is 4.42 Å². The fourth-order valence-corrected chi connectivity index (χ4v) is 2.72. The first-order valence-corrected chi connectivity index (χ1v) is 7.88. The molecule has 0 aliphatic heterocycles. The van der Waals surface area contributed by atoms with Gasteiger partial charge in [0.25, 0.3) is 0 Å². The van der Waals surface area contributed by atoms with Crippen molar-refractivity contribution in [2.75, 3.05) is 0 Å². The summed E-state index contributed by atoms with van der Waals surface area (Å²) in [6, 6.07) is 15.3. The van der Waals surface area contributed by atoms with E-state index < -0.39 is 5.63 Å². The van der Waals surface area contributed by atoms with Crippen molar-refractivity contribution in [3.63, 3.8) is 0 Å². The number of halogens is 2. The van der Waals surface area contributed by atoms with Gasteiger partial charge in [0.15, 0.2) is 0 Å². The molecule has 0 N–H and O–H groups in total. The van der Waals surface area contributed by atoms with Gasteiger partial charge in [0, 0.05) is 4.47 Å². The molecule has 0 atom stereocenters. The van der Waals surface area contributed by atoms with Crippen LogP contribution in [0.1, 0.15) is 5.56 Å². The first-order chi connectivity index (χ1) is 11.0. The Morgan fingerprint density at radius 1 is 1.13 bits per heavy atom. The molecular weight excluding hydrogens is 424 g/mol. The summed E-state index contributed by atoms with van der Waals surface area (Å²) >= 11 is 6.37. The van der Waals surface area contributed by atoms with E-state index in [-0.39, 0.29) is 4.47 Å². The molecule has 0 radical (unpaired) electrons. The van der Waals surface area contributed by atoms with Crippen LogP contribution in [0, 0.1) is 17.9 Å². The van der Waals surface area contributed by atoms with Gasteiger partial charge in [-0.2, -0.15) is 5.26 Å². The Labute approximate surface area is 149 Å². The van der Waals surface area contributed by atoms with Gasteiger partial charge in [-0.15, -0.1) is 0 Å². The van der Waals surface area contributed by atoms with Gasteiger partial charge in [-0.25, -0.2) is 9.64 Å². The van der Waals surface area contributed by atoms with Gasteiger partial charge in [-0.1, -0.05) is 40.2 Å². The number of nitriles is 1. The van der Waals surface area contributed by atoms with E-state index in [2.05, 4.69) is 47.2 Å². The topological polar surface area (TPSA) is 58.4 Å². The van der Waals surface area contributed by atoms with E-state index in [1.165, 1.54) is 6.07 Å². The van der Waals surface area contributed by atoms with E-state index in [1.54, 1.807) is 0 Å². The molecule has 0 aliphatic rings. The minimum atomic E-state index is -0.465. The lowest BCUT2D eigenvalue weighted by atomic mass is 10.1. The van der Waals surface area contributed by atoms with Crippen molar-refractivity contribution in [2.24, 2.45) is 0 Å². The van der Waals surface area contributed by atoms with E-state index in [0.29, 0.717) is 11.3 Å². The number of benzene rings is 2. The fraction of sp³-hybridized carbons (Fsp3) is 0. The normalized spacial score (nSPS) is 9.39. The third-order valence-electron chi connectivity index (χ3n) is 2.83. The second kappa shape index (κ2) is 7.73. The number of nitrogens with zero attached hydrogens (tertiary/aromatic N) is 2. The molecule has 0 aliphatic carbocycles. The summed E-state index contributed by atoms with van der Waals surface area (Å²) in [7, 11) is 0. The van der Waals surface area contributed by atoms with Gasteiger partial charge in [-0.05, 0) is 44.9 Å².